The molecular weight excluding hydrogens is 273 g/mol. The average Bonchev–Trinajstić information content (AvgIpc) is 2.92. The van der Waals surface area contributed by atoms with Gasteiger partial charge in [0.25, 0.3) is 0 Å². The van der Waals surface area contributed by atoms with Gasteiger partial charge in [0.15, 0.2) is 0 Å². The molecule has 0 atom stereocenters. The summed E-state index contributed by atoms with van der Waals surface area (Å²) in [6.07, 6.45) is 0. The first-order valence-electron chi connectivity index (χ1n) is 6.27. The summed E-state index contributed by atoms with van der Waals surface area (Å²) in [4.78, 5) is 0. The van der Waals surface area contributed by atoms with Crippen LogP contribution in [0.25, 0.3) is 11.5 Å². The molecule has 0 fully saturated rings. The SMILES string of the molecule is Nc1nnc(-c2ccc(OCc3cccc(F)c3)cc2)o1. The Labute approximate surface area is 120 Å². The number of aromatic nitrogens is 2. The van der Waals surface area contributed by atoms with Crippen molar-refractivity contribution in [2.45, 2.75) is 6.61 Å². The minimum absolute atomic E-state index is 0.0245. The van der Waals surface area contributed by atoms with E-state index in [4.69, 9.17) is 14.9 Å². The molecule has 0 aliphatic carbocycles. The Morgan fingerprint density at radius 3 is 2.57 bits per heavy atom. The average molecular weight is 285 g/mol. The maximum absolute atomic E-state index is 13.0. The molecule has 1 heterocycles. The molecule has 0 saturated carbocycles. The van der Waals surface area contributed by atoms with E-state index >= 15 is 0 Å². The van der Waals surface area contributed by atoms with Crippen LogP contribution in [0, 0.1) is 5.82 Å². The van der Waals surface area contributed by atoms with Crippen molar-refractivity contribution in [2.24, 2.45) is 0 Å². The summed E-state index contributed by atoms with van der Waals surface area (Å²) in [7, 11) is 0. The zero-order valence-corrected chi connectivity index (χ0v) is 11.0. The summed E-state index contributed by atoms with van der Waals surface area (Å²) in [5, 5.41) is 7.39. The van der Waals surface area contributed by atoms with Crippen molar-refractivity contribution >= 4 is 6.01 Å². The maximum Gasteiger partial charge on any atom is 0.313 e. The Hall–Kier alpha value is -2.89. The molecule has 21 heavy (non-hydrogen) atoms. The lowest BCUT2D eigenvalue weighted by molar-refractivity contribution is 0.305. The van der Waals surface area contributed by atoms with Crippen LogP contribution in [-0.4, -0.2) is 10.2 Å². The third kappa shape index (κ3) is 3.17. The molecule has 3 aromatic rings. The first-order chi connectivity index (χ1) is 10.2. The first kappa shape index (κ1) is 13.1. The predicted octanol–water partition coefficient (Wildman–Crippen LogP) is 3.04. The van der Waals surface area contributed by atoms with Crippen molar-refractivity contribution in [3.8, 4) is 17.2 Å². The second-order valence-electron chi connectivity index (χ2n) is 4.39. The Morgan fingerprint density at radius 1 is 1.10 bits per heavy atom. The molecule has 0 bridgehead atoms. The lowest BCUT2D eigenvalue weighted by atomic mass is 10.2. The van der Waals surface area contributed by atoms with E-state index in [9.17, 15) is 4.39 Å². The van der Waals surface area contributed by atoms with Crippen LogP contribution in [0.2, 0.25) is 0 Å². The van der Waals surface area contributed by atoms with Gasteiger partial charge in [0.1, 0.15) is 18.2 Å². The molecule has 2 N–H and O–H groups in total. The first-order valence-corrected chi connectivity index (χ1v) is 6.27. The molecular formula is C15H12FN3O2. The summed E-state index contributed by atoms with van der Waals surface area (Å²) in [6.45, 7) is 0.296. The van der Waals surface area contributed by atoms with Gasteiger partial charge in [-0.05, 0) is 42.0 Å². The van der Waals surface area contributed by atoms with Gasteiger partial charge in [-0.1, -0.05) is 17.2 Å². The van der Waals surface area contributed by atoms with Crippen LogP contribution in [0.4, 0.5) is 10.4 Å². The highest BCUT2D eigenvalue weighted by Gasteiger charge is 2.06. The smallest absolute Gasteiger partial charge is 0.313 e. The molecule has 3 rings (SSSR count). The van der Waals surface area contributed by atoms with Gasteiger partial charge in [0.2, 0.25) is 5.89 Å². The third-order valence-corrected chi connectivity index (χ3v) is 2.84. The topological polar surface area (TPSA) is 74.2 Å². The van der Waals surface area contributed by atoms with Crippen LogP contribution in [0.15, 0.2) is 52.9 Å². The van der Waals surface area contributed by atoms with Gasteiger partial charge in [0, 0.05) is 5.56 Å². The fraction of sp³-hybridized carbons (Fsp3) is 0.0667. The number of nitrogens with zero attached hydrogens (tertiary/aromatic N) is 2. The zero-order valence-electron chi connectivity index (χ0n) is 11.0. The Bertz CT molecular complexity index is 741. The fourth-order valence-electron chi connectivity index (χ4n) is 1.84. The van der Waals surface area contributed by atoms with Gasteiger partial charge in [-0.2, -0.15) is 0 Å². The minimum atomic E-state index is -0.277. The molecule has 0 unspecified atom stereocenters. The van der Waals surface area contributed by atoms with E-state index in [0.717, 1.165) is 11.1 Å². The molecule has 0 aliphatic rings. The van der Waals surface area contributed by atoms with E-state index in [0.29, 0.717) is 18.2 Å². The van der Waals surface area contributed by atoms with Crippen molar-refractivity contribution in [3.63, 3.8) is 0 Å². The van der Waals surface area contributed by atoms with E-state index in [1.165, 1.54) is 12.1 Å². The standard InChI is InChI=1S/C15H12FN3O2/c16-12-3-1-2-10(8-12)9-20-13-6-4-11(5-7-13)14-18-19-15(17)21-14/h1-8H,9H2,(H2,17,19). The molecule has 0 saturated heterocycles. The van der Waals surface area contributed by atoms with Crippen molar-refractivity contribution in [1.29, 1.82) is 0 Å². The highest BCUT2D eigenvalue weighted by atomic mass is 19.1. The number of nitrogen functional groups attached to an aromatic ring is 1. The molecule has 106 valence electrons. The molecule has 5 nitrogen and oxygen atoms in total. The second-order valence-corrected chi connectivity index (χ2v) is 4.39. The van der Waals surface area contributed by atoms with Crippen LogP contribution in [0.5, 0.6) is 5.75 Å². The summed E-state index contributed by atoms with van der Waals surface area (Å²) >= 11 is 0. The van der Waals surface area contributed by atoms with Gasteiger partial charge in [0.05, 0.1) is 0 Å². The zero-order chi connectivity index (χ0) is 14.7. The van der Waals surface area contributed by atoms with Gasteiger partial charge in [-0.15, -0.1) is 5.10 Å². The summed E-state index contributed by atoms with van der Waals surface area (Å²) < 4.78 is 23.8. The summed E-state index contributed by atoms with van der Waals surface area (Å²) in [5.74, 6) is 0.736. The lowest BCUT2D eigenvalue weighted by Crippen LogP contribution is -1.95. The number of ether oxygens (including phenoxy) is 1. The Morgan fingerprint density at radius 2 is 1.90 bits per heavy atom. The number of nitrogens with two attached hydrogens (primary N) is 1. The normalized spacial score (nSPS) is 10.5. The molecule has 0 amide bonds. The number of rotatable bonds is 4. The minimum Gasteiger partial charge on any atom is -0.489 e. The summed E-state index contributed by atoms with van der Waals surface area (Å²) in [5.41, 5.74) is 6.89. The van der Waals surface area contributed by atoms with Gasteiger partial charge < -0.3 is 14.9 Å². The molecule has 0 spiro atoms. The van der Waals surface area contributed by atoms with E-state index in [1.54, 1.807) is 36.4 Å². The molecule has 0 radical (unpaired) electrons. The molecule has 2 aromatic carbocycles. The summed E-state index contributed by atoms with van der Waals surface area (Å²) in [6, 6.07) is 13.4. The van der Waals surface area contributed by atoms with Crippen LogP contribution < -0.4 is 10.5 Å². The molecule has 1 aromatic heterocycles. The number of hydrogen-bond donors (Lipinski definition) is 1. The van der Waals surface area contributed by atoms with E-state index in [2.05, 4.69) is 10.2 Å². The van der Waals surface area contributed by atoms with Crippen molar-refractivity contribution in [1.82, 2.24) is 10.2 Å². The number of hydrogen-bond acceptors (Lipinski definition) is 5. The van der Waals surface area contributed by atoms with Crippen LogP contribution in [0.3, 0.4) is 0 Å². The molecule has 0 aliphatic heterocycles. The quantitative estimate of drug-likeness (QED) is 0.797. The van der Waals surface area contributed by atoms with E-state index < -0.39 is 0 Å². The third-order valence-electron chi connectivity index (χ3n) is 2.84. The Kier molecular flexibility index (Phi) is 3.51. The molecule has 6 heteroatoms. The maximum atomic E-state index is 13.0. The Balaban J connectivity index is 1.67. The van der Waals surface area contributed by atoms with Gasteiger partial charge in [-0.25, -0.2) is 4.39 Å². The van der Waals surface area contributed by atoms with Gasteiger partial charge in [-0.3, -0.25) is 0 Å². The highest BCUT2D eigenvalue weighted by molar-refractivity contribution is 5.54. The second kappa shape index (κ2) is 5.62. The van der Waals surface area contributed by atoms with Crippen molar-refractivity contribution < 1.29 is 13.5 Å². The number of benzene rings is 2. The largest absolute Gasteiger partial charge is 0.489 e. The monoisotopic (exact) mass is 285 g/mol. The van der Waals surface area contributed by atoms with Crippen molar-refractivity contribution in [3.05, 3.63) is 59.9 Å². The van der Waals surface area contributed by atoms with Crippen molar-refractivity contribution in [2.75, 3.05) is 5.73 Å². The van der Waals surface area contributed by atoms with E-state index in [-0.39, 0.29) is 11.8 Å². The predicted molar refractivity (Wildman–Crippen MR) is 74.9 cm³/mol. The van der Waals surface area contributed by atoms with Crippen LogP contribution in [-0.2, 0) is 6.61 Å². The highest BCUT2D eigenvalue weighted by Crippen LogP contribution is 2.22. The number of halogens is 1. The number of anilines is 1. The van der Waals surface area contributed by atoms with Gasteiger partial charge >= 0.3 is 6.01 Å². The van der Waals surface area contributed by atoms with Crippen LogP contribution in [0.1, 0.15) is 5.56 Å². The lowest BCUT2D eigenvalue weighted by Gasteiger charge is -2.06. The van der Waals surface area contributed by atoms with E-state index in [1.807, 2.05) is 0 Å². The fourth-order valence-corrected chi connectivity index (χ4v) is 1.84. The van der Waals surface area contributed by atoms with Crippen LogP contribution >= 0.6 is 0 Å².